The third-order valence-electron chi connectivity index (χ3n) is 1.46. The van der Waals surface area contributed by atoms with E-state index in [2.05, 4.69) is 10.2 Å². The van der Waals surface area contributed by atoms with Gasteiger partial charge in [0.2, 0.25) is 0 Å². The van der Waals surface area contributed by atoms with Gasteiger partial charge in [-0.3, -0.25) is 5.10 Å². The number of aromatic amines is 1. The van der Waals surface area contributed by atoms with Crippen molar-refractivity contribution in [2.45, 2.75) is 13.8 Å². The van der Waals surface area contributed by atoms with E-state index < -0.39 is 0 Å². The zero-order valence-electron chi connectivity index (χ0n) is 6.28. The largest absolute Gasteiger partial charge is 0.282 e. The molecular weight excluding hydrogens is 183 g/mol. The lowest BCUT2D eigenvalue weighted by atomic mass is 10.2. The summed E-state index contributed by atoms with van der Waals surface area (Å²) in [5.74, 6) is 0. The number of hydrogen-bond donors (Lipinski definition) is 1. The van der Waals surface area contributed by atoms with Gasteiger partial charge in [0.25, 0.3) is 0 Å². The number of nitrogens with one attached hydrogen (secondary N) is 1. The van der Waals surface area contributed by atoms with Crippen molar-refractivity contribution in [1.29, 1.82) is 0 Å². The van der Waals surface area contributed by atoms with Crippen molar-refractivity contribution in [3.05, 3.63) is 22.5 Å². The molecule has 0 atom stereocenters. The minimum Gasteiger partial charge on any atom is -0.282 e. The second kappa shape index (κ2) is 3.28. The Morgan fingerprint density at radius 3 is 2.55 bits per heavy atom. The van der Waals surface area contributed by atoms with Crippen LogP contribution in [0.2, 0.25) is 0 Å². The maximum atomic E-state index is 5.81. The smallest absolute Gasteiger partial charge is 0.0681 e. The molecule has 1 heterocycles. The van der Waals surface area contributed by atoms with E-state index in [9.17, 15) is 0 Å². The summed E-state index contributed by atoms with van der Waals surface area (Å²) < 4.78 is 0. The lowest BCUT2D eigenvalue weighted by molar-refractivity contribution is 1.02. The Kier molecular flexibility index (Phi) is 2.58. The van der Waals surface area contributed by atoms with Crippen LogP contribution >= 0.6 is 23.2 Å². The number of H-pyrrole nitrogens is 1. The van der Waals surface area contributed by atoms with Crippen LogP contribution in [-0.4, -0.2) is 10.2 Å². The van der Waals surface area contributed by atoms with Gasteiger partial charge in [0.1, 0.15) is 0 Å². The van der Waals surface area contributed by atoms with Gasteiger partial charge in [-0.1, -0.05) is 23.2 Å². The molecule has 2 nitrogen and oxygen atoms in total. The summed E-state index contributed by atoms with van der Waals surface area (Å²) in [4.78, 5) is 0. The molecule has 0 saturated heterocycles. The molecule has 0 saturated carbocycles. The first-order valence-electron chi connectivity index (χ1n) is 3.14. The number of hydrogen-bond acceptors (Lipinski definition) is 1. The first-order chi connectivity index (χ1) is 5.16. The quantitative estimate of drug-likeness (QED) is 0.726. The molecule has 1 N–H and O–H groups in total. The van der Waals surface area contributed by atoms with E-state index >= 15 is 0 Å². The first kappa shape index (κ1) is 8.62. The van der Waals surface area contributed by atoms with Crippen molar-refractivity contribution in [3.63, 3.8) is 0 Å². The Bertz CT molecular complexity index is 269. The highest BCUT2D eigenvalue weighted by Gasteiger charge is 2.08. The molecular formula is C7H8Cl2N2. The highest BCUT2D eigenvalue weighted by molar-refractivity contribution is 6.53. The molecule has 0 unspecified atom stereocenters. The fourth-order valence-corrected chi connectivity index (χ4v) is 1.34. The Balaban J connectivity index is 3.21. The van der Waals surface area contributed by atoms with Gasteiger partial charge in [0.15, 0.2) is 0 Å². The molecule has 0 bridgehead atoms. The van der Waals surface area contributed by atoms with Gasteiger partial charge in [-0.15, -0.1) is 0 Å². The van der Waals surface area contributed by atoms with E-state index in [1.165, 1.54) is 5.54 Å². The maximum Gasteiger partial charge on any atom is 0.0681 e. The van der Waals surface area contributed by atoms with Crippen LogP contribution < -0.4 is 0 Å². The second-order valence-electron chi connectivity index (χ2n) is 2.27. The summed E-state index contributed by atoms with van der Waals surface area (Å²) in [6, 6.07) is 0. The second-order valence-corrected chi connectivity index (χ2v) is 2.89. The summed E-state index contributed by atoms with van der Waals surface area (Å²) in [5.41, 5.74) is 4.03. The minimum atomic E-state index is 0.524. The highest BCUT2D eigenvalue weighted by Crippen LogP contribution is 2.24. The number of aromatic nitrogens is 2. The van der Waals surface area contributed by atoms with Crippen LogP contribution in [0.25, 0.3) is 5.03 Å². The first-order valence-corrected chi connectivity index (χ1v) is 3.96. The summed E-state index contributed by atoms with van der Waals surface area (Å²) in [6.07, 6.45) is 0. The molecule has 1 aromatic heterocycles. The van der Waals surface area contributed by atoms with Gasteiger partial charge in [-0.2, -0.15) is 5.10 Å². The van der Waals surface area contributed by atoms with E-state index in [1.807, 2.05) is 13.8 Å². The summed E-state index contributed by atoms with van der Waals surface area (Å²) >= 11 is 11.3. The maximum absolute atomic E-state index is 5.81. The Hall–Kier alpha value is -0.470. The Morgan fingerprint density at radius 2 is 2.18 bits per heavy atom. The Labute approximate surface area is 75.2 Å². The summed E-state index contributed by atoms with van der Waals surface area (Å²) in [7, 11) is 0. The van der Waals surface area contributed by atoms with Crippen molar-refractivity contribution in [2.24, 2.45) is 0 Å². The third kappa shape index (κ3) is 1.57. The molecule has 0 aliphatic heterocycles. The monoisotopic (exact) mass is 190 g/mol. The zero-order chi connectivity index (χ0) is 8.43. The van der Waals surface area contributed by atoms with E-state index in [1.54, 1.807) is 0 Å². The number of nitrogens with zero attached hydrogens (tertiary/aromatic N) is 1. The molecule has 0 aliphatic rings. The van der Waals surface area contributed by atoms with Gasteiger partial charge in [-0.05, 0) is 13.8 Å². The lowest BCUT2D eigenvalue weighted by Gasteiger charge is -1.95. The molecule has 0 radical (unpaired) electrons. The predicted octanol–water partition coefficient (Wildman–Crippen LogP) is 2.80. The third-order valence-corrected chi connectivity index (χ3v) is 2.09. The fraction of sp³-hybridized carbons (Fsp3) is 0.286. The van der Waals surface area contributed by atoms with Crippen LogP contribution in [0.1, 0.15) is 17.0 Å². The topological polar surface area (TPSA) is 28.7 Å². The van der Waals surface area contributed by atoms with Gasteiger partial charge >= 0.3 is 0 Å². The van der Waals surface area contributed by atoms with Gasteiger partial charge in [-0.25, -0.2) is 0 Å². The standard InChI is InChI=1S/C7H8Cl2N2/c1-4-7(6(9)3-8)5(2)11-10-4/h3H,1-2H3,(H,10,11). The SMILES string of the molecule is Cc1n[nH]c(C)c1C(Cl)=CCl. The molecule has 0 spiro atoms. The molecule has 0 fully saturated rings. The minimum absolute atomic E-state index is 0.524. The molecule has 0 aliphatic carbocycles. The molecule has 1 aromatic rings. The van der Waals surface area contributed by atoms with Crippen LogP contribution in [0.3, 0.4) is 0 Å². The van der Waals surface area contributed by atoms with Crippen LogP contribution in [-0.2, 0) is 0 Å². The highest BCUT2D eigenvalue weighted by atomic mass is 35.5. The van der Waals surface area contributed by atoms with Crippen molar-refractivity contribution < 1.29 is 0 Å². The van der Waals surface area contributed by atoms with E-state index in [0.29, 0.717) is 5.03 Å². The van der Waals surface area contributed by atoms with Crippen LogP contribution in [0.4, 0.5) is 0 Å². The number of rotatable bonds is 1. The van der Waals surface area contributed by atoms with Crippen molar-refractivity contribution in [3.8, 4) is 0 Å². The van der Waals surface area contributed by atoms with Gasteiger partial charge in [0.05, 0.1) is 10.7 Å². The fourth-order valence-electron chi connectivity index (χ4n) is 0.957. The molecule has 0 aromatic carbocycles. The molecule has 11 heavy (non-hydrogen) atoms. The van der Waals surface area contributed by atoms with E-state index in [0.717, 1.165) is 17.0 Å². The van der Waals surface area contributed by atoms with Gasteiger partial charge < -0.3 is 0 Å². The molecule has 60 valence electrons. The summed E-state index contributed by atoms with van der Waals surface area (Å²) in [5, 5.41) is 7.32. The molecule has 1 rings (SSSR count). The molecule has 4 heteroatoms. The predicted molar refractivity (Wildman–Crippen MR) is 47.7 cm³/mol. The number of aryl methyl sites for hydroxylation is 2. The van der Waals surface area contributed by atoms with Crippen LogP contribution in [0, 0.1) is 13.8 Å². The average molecular weight is 191 g/mol. The van der Waals surface area contributed by atoms with Gasteiger partial charge in [0, 0.05) is 16.8 Å². The lowest BCUT2D eigenvalue weighted by Crippen LogP contribution is -1.80. The van der Waals surface area contributed by atoms with E-state index in [-0.39, 0.29) is 0 Å². The van der Waals surface area contributed by atoms with Crippen LogP contribution in [0.5, 0.6) is 0 Å². The van der Waals surface area contributed by atoms with E-state index in [4.69, 9.17) is 23.2 Å². The average Bonchev–Trinajstić information content (AvgIpc) is 2.30. The van der Waals surface area contributed by atoms with Crippen molar-refractivity contribution >= 4 is 28.2 Å². The number of halogens is 2. The molecule has 0 amide bonds. The summed E-state index contributed by atoms with van der Waals surface area (Å²) in [6.45, 7) is 3.78. The Morgan fingerprint density at radius 1 is 1.55 bits per heavy atom. The van der Waals surface area contributed by atoms with Crippen LogP contribution in [0.15, 0.2) is 5.54 Å². The zero-order valence-corrected chi connectivity index (χ0v) is 7.79. The normalized spacial score (nSPS) is 12.2. The van der Waals surface area contributed by atoms with Crippen molar-refractivity contribution in [2.75, 3.05) is 0 Å². The van der Waals surface area contributed by atoms with Crippen molar-refractivity contribution in [1.82, 2.24) is 10.2 Å².